The molecule has 2 aromatic rings. The number of halogens is 4. The van der Waals surface area contributed by atoms with Crippen molar-refractivity contribution in [1.29, 1.82) is 0 Å². The van der Waals surface area contributed by atoms with Gasteiger partial charge in [0.2, 0.25) is 0 Å². The number of carbonyl (C=O) groups is 1. The van der Waals surface area contributed by atoms with Crippen LogP contribution in [0.1, 0.15) is 15.2 Å². The van der Waals surface area contributed by atoms with E-state index < -0.39 is 17.6 Å². The van der Waals surface area contributed by atoms with Gasteiger partial charge in [0, 0.05) is 0 Å². The molecule has 0 aliphatic rings. The number of anilines is 1. The van der Waals surface area contributed by atoms with Gasteiger partial charge >= 0.3 is 6.18 Å². The number of carbonyl (C=O) groups excluding carboxylic acids is 1. The highest BCUT2D eigenvalue weighted by Crippen LogP contribution is 2.29. The average molecular weight is 321 g/mol. The molecule has 0 unspecified atom stereocenters. The van der Waals surface area contributed by atoms with Crippen molar-refractivity contribution in [3.05, 3.63) is 51.2 Å². The lowest BCUT2D eigenvalue weighted by Crippen LogP contribution is -2.28. The van der Waals surface area contributed by atoms with Gasteiger partial charge in [0.05, 0.1) is 20.5 Å². The molecule has 0 fully saturated rings. The molecule has 20 heavy (non-hydrogen) atoms. The summed E-state index contributed by atoms with van der Waals surface area (Å²) in [4.78, 5) is 12.1. The normalized spacial score (nSPS) is 11.2. The molecule has 0 bridgehead atoms. The van der Waals surface area contributed by atoms with Gasteiger partial charge in [-0.1, -0.05) is 11.6 Å². The minimum absolute atomic E-state index is 0.342. The van der Waals surface area contributed by atoms with Crippen LogP contribution in [0.2, 0.25) is 4.34 Å². The highest BCUT2D eigenvalue weighted by molar-refractivity contribution is 7.18. The Morgan fingerprint density at radius 3 is 2.25 bits per heavy atom. The third kappa shape index (κ3) is 3.64. The van der Waals surface area contributed by atoms with Gasteiger partial charge in [0.15, 0.2) is 0 Å². The molecule has 0 saturated heterocycles. The highest BCUT2D eigenvalue weighted by Gasteiger charge is 2.29. The van der Waals surface area contributed by atoms with Crippen LogP contribution in [0.5, 0.6) is 0 Å². The van der Waals surface area contributed by atoms with Crippen LogP contribution in [0.25, 0.3) is 0 Å². The van der Waals surface area contributed by atoms with Crippen molar-refractivity contribution < 1.29 is 18.0 Å². The summed E-state index contributed by atoms with van der Waals surface area (Å²) >= 11 is 6.79. The first-order valence-corrected chi connectivity index (χ1v) is 6.54. The lowest BCUT2D eigenvalue weighted by Gasteiger charge is -2.10. The number of thiophene rings is 1. The highest BCUT2D eigenvalue weighted by atomic mass is 35.5. The van der Waals surface area contributed by atoms with E-state index in [1.807, 2.05) is 0 Å². The van der Waals surface area contributed by atoms with E-state index in [0.29, 0.717) is 14.9 Å². The van der Waals surface area contributed by atoms with Gasteiger partial charge in [0.25, 0.3) is 5.91 Å². The summed E-state index contributed by atoms with van der Waals surface area (Å²) in [5.41, 5.74) is 4.49. The molecule has 0 saturated carbocycles. The largest absolute Gasteiger partial charge is 0.416 e. The molecule has 0 radical (unpaired) electrons. The molecule has 3 nitrogen and oxygen atoms in total. The zero-order chi connectivity index (χ0) is 14.8. The first-order chi connectivity index (χ1) is 9.36. The van der Waals surface area contributed by atoms with E-state index in [1.165, 1.54) is 12.1 Å². The smallest absolute Gasteiger partial charge is 0.298 e. The first kappa shape index (κ1) is 14.7. The lowest BCUT2D eigenvalue weighted by molar-refractivity contribution is -0.137. The molecule has 1 aromatic heterocycles. The van der Waals surface area contributed by atoms with Gasteiger partial charge in [-0.05, 0) is 36.4 Å². The monoisotopic (exact) mass is 320 g/mol. The predicted octanol–water partition coefficient (Wildman–Crippen LogP) is 4.18. The summed E-state index contributed by atoms with van der Waals surface area (Å²) in [6.45, 7) is 0. The van der Waals surface area contributed by atoms with E-state index in [2.05, 4.69) is 10.9 Å². The van der Waals surface area contributed by atoms with Crippen molar-refractivity contribution in [2.24, 2.45) is 0 Å². The van der Waals surface area contributed by atoms with Crippen LogP contribution in [0.15, 0.2) is 36.4 Å². The molecule has 2 rings (SSSR count). The van der Waals surface area contributed by atoms with Crippen LogP contribution in [-0.4, -0.2) is 5.91 Å². The van der Waals surface area contributed by atoms with Crippen LogP contribution < -0.4 is 10.9 Å². The zero-order valence-electron chi connectivity index (χ0n) is 9.79. The number of hydrazine groups is 1. The fourth-order valence-corrected chi connectivity index (χ4v) is 2.31. The number of amides is 1. The number of hydrogen-bond donors (Lipinski definition) is 2. The van der Waals surface area contributed by atoms with E-state index in [1.54, 1.807) is 12.1 Å². The van der Waals surface area contributed by atoms with Crippen molar-refractivity contribution in [2.45, 2.75) is 6.18 Å². The van der Waals surface area contributed by atoms with Gasteiger partial charge in [-0.25, -0.2) is 0 Å². The van der Waals surface area contributed by atoms with Crippen molar-refractivity contribution in [2.75, 3.05) is 5.43 Å². The molecular weight excluding hydrogens is 313 g/mol. The Labute approximate surface area is 121 Å². The second-order valence-corrected chi connectivity index (χ2v) is 5.47. The standard InChI is InChI=1S/C12H8ClF3N2OS/c13-10-6-5-9(20-10)11(19)18-17-8-3-1-7(2-4-8)12(14,15)16/h1-6,17H,(H,18,19). The van der Waals surface area contributed by atoms with Gasteiger partial charge in [-0.2, -0.15) is 13.2 Å². The van der Waals surface area contributed by atoms with Gasteiger partial charge in [0.1, 0.15) is 0 Å². The van der Waals surface area contributed by atoms with Gasteiger partial charge < -0.3 is 0 Å². The first-order valence-electron chi connectivity index (χ1n) is 5.35. The maximum absolute atomic E-state index is 12.4. The van der Waals surface area contributed by atoms with Crippen LogP contribution in [0.4, 0.5) is 18.9 Å². The summed E-state index contributed by atoms with van der Waals surface area (Å²) < 4.78 is 37.5. The van der Waals surface area contributed by atoms with Crippen LogP contribution >= 0.6 is 22.9 Å². The van der Waals surface area contributed by atoms with E-state index in [-0.39, 0.29) is 0 Å². The summed E-state index contributed by atoms with van der Waals surface area (Å²) in [6, 6.07) is 7.44. The second-order valence-electron chi connectivity index (χ2n) is 3.76. The molecule has 8 heteroatoms. The maximum Gasteiger partial charge on any atom is 0.416 e. The fourth-order valence-electron chi connectivity index (χ4n) is 1.37. The number of benzene rings is 1. The molecule has 0 spiro atoms. The predicted molar refractivity (Wildman–Crippen MR) is 71.9 cm³/mol. The molecule has 1 aromatic carbocycles. The third-order valence-corrected chi connectivity index (χ3v) is 3.56. The van der Waals surface area contributed by atoms with E-state index >= 15 is 0 Å². The number of hydrogen-bond acceptors (Lipinski definition) is 3. The Balaban J connectivity index is 1.96. The Kier molecular flexibility index (Phi) is 4.20. The van der Waals surface area contributed by atoms with E-state index in [0.717, 1.165) is 23.5 Å². The van der Waals surface area contributed by atoms with Crippen LogP contribution in [-0.2, 0) is 6.18 Å². The van der Waals surface area contributed by atoms with Crippen molar-refractivity contribution >= 4 is 34.5 Å². The molecule has 1 amide bonds. The van der Waals surface area contributed by atoms with Crippen LogP contribution in [0, 0.1) is 0 Å². The molecule has 0 atom stereocenters. The molecule has 106 valence electrons. The van der Waals surface area contributed by atoms with Gasteiger partial charge in [-0.3, -0.25) is 15.6 Å². The molecule has 0 aliphatic heterocycles. The topological polar surface area (TPSA) is 41.1 Å². The maximum atomic E-state index is 12.4. The molecule has 0 aliphatic carbocycles. The minimum atomic E-state index is -4.38. The number of rotatable bonds is 3. The summed E-state index contributed by atoms with van der Waals surface area (Å²) in [6.07, 6.45) is -4.38. The third-order valence-electron chi connectivity index (χ3n) is 2.33. The quantitative estimate of drug-likeness (QED) is 0.833. The van der Waals surface area contributed by atoms with Crippen molar-refractivity contribution in [3.8, 4) is 0 Å². The van der Waals surface area contributed by atoms with Crippen molar-refractivity contribution in [3.63, 3.8) is 0 Å². The average Bonchev–Trinajstić information content (AvgIpc) is 2.82. The van der Waals surface area contributed by atoms with E-state index in [4.69, 9.17) is 11.6 Å². The lowest BCUT2D eigenvalue weighted by atomic mass is 10.2. The fraction of sp³-hybridized carbons (Fsp3) is 0.0833. The molecule has 2 N–H and O–H groups in total. The second kappa shape index (κ2) is 5.72. The van der Waals surface area contributed by atoms with Gasteiger partial charge in [-0.15, -0.1) is 11.3 Å². The number of nitrogens with one attached hydrogen (secondary N) is 2. The zero-order valence-corrected chi connectivity index (χ0v) is 11.4. The summed E-state index contributed by atoms with van der Waals surface area (Å²) in [5.74, 6) is -0.415. The summed E-state index contributed by atoms with van der Waals surface area (Å²) in [5, 5.41) is 0. The Hall–Kier alpha value is -1.73. The summed E-state index contributed by atoms with van der Waals surface area (Å²) in [7, 11) is 0. The number of alkyl halides is 3. The Morgan fingerprint density at radius 2 is 1.75 bits per heavy atom. The van der Waals surface area contributed by atoms with Crippen LogP contribution in [0.3, 0.4) is 0 Å². The van der Waals surface area contributed by atoms with Crippen molar-refractivity contribution in [1.82, 2.24) is 5.43 Å². The van der Waals surface area contributed by atoms with E-state index in [9.17, 15) is 18.0 Å². The molecule has 1 heterocycles. The molecular formula is C12H8ClF3N2OS. The Bertz CT molecular complexity index is 610. The SMILES string of the molecule is O=C(NNc1ccc(C(F)(F)F)cc1)c1ccc(Cl)s1. The Morgan fingerprint density at radius 1 is 1.10 bits per heavy atom. The minimum Gasteiger partial charge on any atom is -0.298 e.